The lowest BCUT2D eigenvalue weighted by Crippen LogP contribution is -2.52. The van der Waals surface area contributed by atoms with E-state index >= 15 is 0 Å². The number of nitrogens with zero attached hydrogens (tertiary/aromatic N) is 3. The Hall–Kier alpha value is -1.99. The summed E-state index contributed by atoms with van der Waals surface area (Å²) in [6.45, 7) is 2.97. The van der Waals surface area contributed by atoms with Gasteiger partial charge in [-0.3, -0.25) is 24.2 Å². The lowest BCUT2D eigenvalue weighted by Gasteiger charge is -2.36. The van der Waals surface area contributed by atoms with Crippen molar-refractivity contribution >= 4 is 29.1 Å². The number of amides is 3. The molecular formula is C18H21N3O3S. The molecule has 1 aromatic heterocycles. The van der Waals surface area contributed by atoms with Crippen LogP contribution in [0.4, 0.5) is 0 Å². The molecule has 0 bridgehead atoms. The average Bonchev–Trinajstić information content (AvgIpc) is 3.26. The minimum absolute atomic E-state index is 0.0311. The summed E-state index contributed by atoms with van der Waals surface area (Å²) in [5.41, 5.74) is 0. The van der Waals surface area contributed by atoms with Crippen LogP contribution in [-0.4, -0.2) is 65.3 Å². The van der Waals surface area contributed by atoms with Gasteiger partial charge in [-0.15, -0.1) is 11.3 Å². The third-order valence-electron chi connectivity index (χ3n) is 5.33. The summed E-state index contributed by atoms with van der Waals surface area (Å²) in [4.78, 5) is 43.6. The monoisotopic (exact) mass is 359 g/mol. The number of likely N-dealkylation sites (tertiary alicyclic amines) is 1. The number of rotatable bonds is 3. The molecule has 2 fully saturated rings. The predicted molar refractivity (Wildman–Crippen MR) is 93.9 cm³/mol. The van der Waals surface area contributed by atoms with Crippen LogP contribution in [0.1, 0.15) is 22.5 Å². The molecule has 0 unspecified atom stereocenters. The second-order valence-electron chi connectivity index (χ2n) is 6.79. The molecule has 2 atom stereocenters. The van der Waals surface area contributed by atoms with Gasteiger partial charge in [0.1, 0.15) is 0 Å². The second kappa shape index (κ2) is 6.72. The normalized spacial score (nSPS) is 27.0. The van der Waals surface area contributed by atoms with Crippen LogP contribution >= 0.6 is 11.3 Å². The first kappa shape index (κ1) is 16.5. The van der Waals surface area contributed by atoms with Crippen molar-refractivity contribution in [3.8, 4) is 0 Å². The summed E-state index contributed by atoms with van der Waals surface area (Å²) in [7, 11) is 0. The molecule has 0 radical (unpaired) electrons. The highest BCUT2D eigenvalue weighted by Crippen LogP contribution is 2.35. The minimum atomic E-state index is -0.167. The van der Waals surface area contributed by atoms with Gasteiger partial charge in [0.15, 0.2) is 0 Å². The van der Waals surface area contributed by atoms with E-state index in [4.69, 9.17) is 0 Å². The molecule has 0 saturated carbocycles. The van der Waals surface area contributed by atoms with Gasteiger partial charge in [0.05, 0.1) is 23.4 Å². The number of thiophene rings is 1. The molecule has 2 saturated heterocycles. The van der Waals surface area contributed by atoms with Crippen LogP contribution in [0.5, 0.6) is 0 Å². The highest BCUT2D eigenvalue weighted by Gasteiger charge is 2.47. The number of hydrogen-bond donors (Lipinski definition) is 0. The fourth-order valence-corrected chi connectivity index (χ4v) is 4.55. The Morgan fingerprint density at radius 2 is 1.68 bits per heavy atom. The molecule has 4 rings (SSSR count). The molecule has 1 aromatic rings. The van der Waals surface area contributed by atoms with Gasteiger partial charge >= 0.3 is 0 Å². The number of allylic oxidation sites excluding steroid dienone is 2. The van der Waals surface area contributed by atoms with Gasteiger partial charge in [-0.25, -0.2) is 0 Å². The predicted octanol–water partition coefficient (Wildman–Crippen LogP) is 1.41. The second-order valence-corrected chi connectivity index (χ2v) is 7.74. The van der Waals surface area contributed by atoms with E-state index in [9.17, 15) is 14.4 Å². The molecule has 7 heteroatoms. The first-order chi connectivity index (χ1) is 12.1. The van der Waals surface area contributed by atoms with Crippen molar-refractivity contribution in [1.29, 1.82) is 0 Å². The summed E-state index contributed by atoms with van der Waals surface area (Å²) in [6.07, 6.45) is 5.36. The number of piperazine rings is 1. The van der Waals surface area contributed by atoms with E-state index in [1.54, 1.807) is 0 Å². The third kappa shape index (κ3) is 3.02. The van der Waals surface area contributed by atoms with Crippen molar-refractivity contribution in [1.82, 2.24) is 14.7 Å². The fourth-order valence-electron chi connectivity index (χ4n) is 3.86. The fraction of sp³-hybridized carbons (Fsp3) is 0.500. The first-order valence-electron chi connectivity index (χ1n) is 8.70. The first-order valence-corrected chi connectivity index (χ1v) is 9.58. The maximum atomic E-state index is 12.5. The van der Waals surface area contributed by atoms with Crippen LogP contribution in [-0.2, 0) is 9.59 Å². The number of imide groups is 1. The molecule has 1 aliphatic carbocycles. The Kier molecular flexibility index (Phi) is 4.43. The molecule has 3 aliphatic rings. The zero-order valence-electron chi connectivity index (χ0n) is 14.0. The van der Waals surface area contributed by atoms with Gasteiger partial charge in [-0.2, -0.15) is 0 Å². The van der Waals surface area contributed by atoms with E-state index in [0.717, 1.165) is 4.88 Å². The minimum Gasteiger partial charge on any atom is -0.335 e. The molecule has 0 spiro atoms. The van der Waals surface area contributed by atoms with Crippen LogP contribution < -0.4 is 0 Å². The molecule has 25 heavy (non-hydrogen) atoms. The third-order valence-corrected chi connectivity index (χ3v) is 6.19. The van der Waals surface area contributed by atoms with Gasteiger partial charge in [0.2, 0.25) is 11.8 Å². The highest BCUT2D eigenvalue weighted by molar-refractivity contribution is 7.12. The van der Waals surface area contributed by atoms with Gasteiger partial charge in [-0.1, -0.05) is 18.2 Å². The van der Waals surface area contributed by atoms with Crippen molar-refractivity contribution in [2.24, 2.45) is 11.8 Å². The molecule has 6 nitrogen and oxygen atoms in total. The number of carbonyl (C=O) groups excluding carboxylic acids is 3. The highest BCUT2D eigenvalue weighted by atomic mass is 32.1. The zero-order chi connectivity index (χ0) is 17.4. The van der Waals surface area contributed by atoms with Crippen LogP contribution in [0.15, 0.2) is 29.7 Å². The Bertz CT molecular complexity index is 681. The van der Waals surface area contributed by atoms with Gasteiger partial charge in [0.25, 0.3) is 5.91 Å². The van der Waals surface area contributed by atoms with Crippen molar-refractivity contribution in [2.75, 3.05) is 32.8 Å². The average molecular weight is 359 g/mol. The molecule has 0 N–H and O–H groups in total. The standard InChI is InChI=1S/C18H21N3O3S/c22-16-13-4-1-2-5-14(13)17(23)21(16)12-19-7-9-20(10-8-19)18(24)15-6-3-11-25-15/h1-3,6,11,13-14H,4-5,7-10,12H2/t13-,14-/m1/s1. The number of hydrogen-bond acceptors (Lipinski definition) is 5. The van der Waals surface area contributed by atoms with E-state index in [1.807, 2.05) is 34.6 Å². The molecule has 3 amide bonds. The van der Waals surface area contributed by atoms with Crippen molar-refractivity contribution in [2.45, 2.75) is 12.8 Å². The van der Waals surface area contributed by atoms with E-state index in [2.05, 4.69) is 4.90 Å². The molecular weight excluding hydrogens is 338 g/mol. The molecule has 132 valence electrons. The largest absolute Gasteiger partial charge is 0.335 e. The van der Waals surface area contributed by atoms with Crippen LogP contribution in [0.3, 0.4) is 0 Å². The Labute approximate surface area is 150 Å². The van der Waals surface area contributed by atoms with Crippen molar-refractivity contribution in [3.05, 3.63) is 34.5 Å². The van der Waals surface area contributed by atoms with E-state index in [1.165, 1.54) is 16.2 Å². The summed E-state index contributed by atoms with van der Waals surface area (Å²) in [5.74, 6) is -0.327. The van der Waals surface area contributed by atoms with Crippen molar-refractivity contribution < 1.29 is 14.4 Å². The van der Waals surface area contributed by atoms with Crippen LogP contribution in [0.25, 0.3) is 0 Å². The smallest absolute Gasteiger partial charge is 0.264 e. The van der Waals surface area contributed by atoms with Crippen LogP contribution in [0.2, 0.25) is 0 Å². The summed E-state index contributed by atoms with van der Waals surface area (Å²) < 4.78 is 0. The lowest BCUT2D eigenvalue weighted by molar-refractivity contribution is -0.142. The van der Waals surface area contributed by atoms with E-state index in [0.29, 0.717) is 45.7 Å². The zero-order valence-corrected chi connectivity index (χ0v) is 14.8. The molecule has 3 heterocycles. The maximum Gasteiger partial charge on any atom is 0.264 e. The van der Waals surface area contributed by atoms with Gasteiger partial charge < -0.3 is 4.90 Å². The quantitative estimate of drug-likeness (QED) is 0.605. The molecule has 0 aromatic carbocycles. The Morgan fingerprint density at radius 1 is 1.04 bits per heavy atom. The lowest BCUT2D eigenvalue weighted by atomic mass is 9.85. The van der Waals surface area contributed by atoms with Gasteiger partial charge in [-0.05, 0) is 24.3 Å². The van der Waals surface area contributed by atoms with Crippen LogP contribution in [0, 0.1) is 11.8 Å². The summed E-state index contributed by atoms with van der Waals surface area (Å²) >= 11 is 1.46. The topological polar surface area (TPSA) is 60.9 Å². The van der Waals surface area contributed by atoms with Gasteiger partial charge in [0, 0.05) is 26.2 Å². The van der Waals surface area contributed by atoms with E-state index < -0.39 is 0 Å². The molecule has 2 aliphatic heterocycles. The summed E-state index contributed by atoms with van der Waals surface area (Å²) in [6, 6.07) is 3.73. The maximum absolute atomic E-state index is 12.5. The SMILES string of the molecule is O=C(c1cccs1)N1CCN(CN2C(=O)[C@@H]3CC=CC[C@H]3C2=O)CC1. The summed E-state index contributed by atoms with van der Waals surface area (Å²) in [5, 5.41) is 1.91. The Balaban J connectivity index is 1.34. The number of fused-ring (bicyclic) bond motifs is 1. The number of carbonyl (C=O) groups is 3. The van der Waals surface area contributed by atoms with Crippen molar-refractivity contribution in [3.63, 3.8) is 0 Å². The van der Waals surface area contributed by atoms with E-state index in [-0.39, 0.29) is 29.6 Å². The Morgan fingerprint density at radius 3 is 2.24 bits per heavy atom.